The van der Waals surface area contributed by atoms with Gasteiger partial charge in [-0.05, 0) is 53.7 Å². The number of amidine groups is 1. The molecule has 1 aliphatic heterocycles. The number of carbonyl (C=O) groups excluding carboxylic acids is 2. The number of aromatic nitrogens is 1. The first-order valence-electron chi connectivity index (χ1n) is 9.17. The van der Waals surface area contributed by atoms with Crippen LogP contribution in [-0.2, 0) is 4.79 Å². The molecule has 0 spiro atoms. The van der Waals surface area contributed by atoms with Crippen LogP contribution in [0, 0.1) is 0 Å². The van der Waals surface area contributed by atoms with Crippen molar-refractivity contribution < 1.29 is 9.59 Å². The molecular weight excluding hydrogens is 455 g/mol. The number of nitrogens with one attached hydrogen (secondary N) is 1. The van der Waals surface area contributed by atoms with Crippen molar-refractivity contribution in [2.45, 2.75) is 0 Å². The fourth-order valence-corrected chi connectivity index (χ4v) is 4.26. The normalized spacial score (nSPS) is 14.8. The Labute approximate surface area is 193 Å². The van der Waals surface area contributed by atoms with Crippen LogP contribution < -0.4 is 5.32 Å². The minimum absolute atomic E-state index is 0.123. The minimum atomic E-state index is -0.356. The monoisotopic (exact) mass is 470 g/mol. The smallest absolute Gasteiger partial charge is 0.286 e. The number of hydrogen-bond acceptors (Lipinski definition) is 5. The average Bonchev–Trinajstić information content (AvgIpc) is 3.08. The molecule has 9 heteroatoms. The molecule has 0 atom stereocenters. The maximum atomic E-state index is 12.4. The Morgan fingerprint density at radius 2 is 1.87 bits per heavy atom. The van der Waals surface area contributed by atoms with Crippen LogP contribution in [0.1, 0.15) is 15.9 Å². The fourth-order valence-electron chi connectivity index (χ4n) is 2.95. The summed E-state index contributed by atoms with van der Waals surface area (Å²) in [4.78, 5) is 35.0. The van der Waals surface area contributed by atoms with E-state index >= 15 is 0 Å². The number of nitrogens with zero attached hydrogens (tertiary/aromatic N) is 3. The van der Waals surface area contributed by atoms with Gasteiger partial charge in [0.15, 0.2) is 5.17 Å². The van der Waals surface area contributed by atoms with Gasteiger partial charge >= 0.3 is 0 Å². The SMILES string of the molecule is CN(C)C(=O)c1cnc2ccc(/C=C3\SC(Nc4c(Cl)cccc4Cl)=NC3=O)cc2c1. The van der Waals surface area contributed by atoms with Gasteiger partial charge in [0.2, 0.25) is 0 Å². The van der Waals surface area contributed by atoms with Gasteiger partial charge < -0.3 is 10.2 Å². The Kier molecular flexibility index (Phi) is 6.00. The molecule has 1 N–H and O–H groups in total. The van der Waals surface area contributed by atoms with Gasteiger partial charge in [-0.3, -0.25) is 14.6 Å². The molecule has 31 heavy (non-hydrogen) atoms. The number of carbonyl (C=O) groups is 2. The number of benzene rings is 2. The zero-order chi connectivity index (χ0) is 22.1. The summed E-state index contributed by atoms with van der Waals surface area (Å²) in [5.41, 5.74) is 2.56. The third-order valence-corrected chi connectivity index (χ3v) is 6.00. The second kappa shape index (κ2) is 8.70. The molecule has 0 unspecified atom stereocenters. The second-order valence-corrected chi connectivity index (χ2v) is 8.78. The highest BCUT2D eigenvalue weighted by Crippen LogP contribution is 2.34. The summed E-state index contributed by atoms with van der Waals surface area (Å²) >= 11 is 13.6. The maximum Gasteiger partial charge on any atom is 0.286 e. The van der Waals surface area contributed by atoms with E-state index < -0.39 is 0 Å². The van der Waals surface area contributed by atoms with Crippen LogP contribution in [-0.4, -0.2) is 41.0 Å². The molecule has 156 valence electrons. The van der Waals surface area contributed by atoms with Crippen LogP contribution in [0.4, 0.5) is 5.69 Å². The number of pyridine rings is 1. The van der Waals surface area contributed by atoms with Crippen LogP contribution in [0.5, 0.6) is 0 Å². The summed E-state index contributed by atoms with van der Waals surface area (Å²) in [6.07, 6.45) is 3.31. The van der Waals surface area contributed by atoms with Gasteiger partial charge in [0.25, 0.3) is 11.8 Å². The van der Waals surface area contributed by atoms with E-state index in [1.165, 1.54) is 16.7 Å². The molecule has 0 aliphatic carbocycles. The van der Waals surface area contributed by atoms with Crippen LogP contribution in [0.25, 0.3) is 17.0 Å². The predicted octanol–water partition coefficient (Wildman–Crippen LogP) is 5.33. The lowest BCUT2D eigenvalue weighted by molar-refractivity contribution is -0.113. The number of halogens is 2. The maximum absolute atomic E-state index is 12.4. The van der Waals surface area contributed by atoms with Crippen molar-refractivity contribution in [3.63, 3.8) is 0 Å². The first-order chi connectivity index (χ1) is 14.8. The summed E-state index contributed by atoms with van der Waals surface area (Å²) in [6, 6.07) is 12.5. The zero-order valence-electron chi connectivity index (χ0n) is 16.5. The van der Waals surface area contributed by atoms with E-state index in [9.17, 15) is 9.59 Å². The quantitative estimate of drug-likeness (QED) is 0.523. The van der Waals surface area contributed by atoms with Gasteiger partial charge in [-0.15, -0.1) is 0 Å². The number of anilines is 1. The van der Waals surface area contributed by atoms with Gasteiger partial charge in [0.05, 0.1) is 31.7 Å². The van der Waals surface area contributed by atoms with Crippen LogP contribution in [0.2, 0.25) is 10.0 Å². The number of thioether (sulfide) groups is 1. The Hall–Kier alpha value is -2.87. The molecule has 0 radical (unpaired) electrons. The van der Waals surface area contributed by atoms with E-state index in [0.29, 0.717) is 31.4 Å². The van der Waals surface area contributed by atoms with Crippen molar-refractivity contribution in [3.05, 3.63) is 74.7 Å². The molecule has 2 amide bonds. The van der Waals surface area contributed by atoms with Gasteiger partial charge in [0, 0.05) is 25.7 Å². The number of fused-ring (bicyclic) bond motifs is 1. The fraction of sp³-hybridized carbons (Fsp3) is 0.0909. The lowest BCUT2D eigenvalue weighted by Crippen LogP contribution is -2.21. The van der Waals surface area contributed by atoms with Crippen molar-refractivity contribution in [3.8, 4) is 0 Å². The molecule has 2 aromatic carbocycles. The topological polar surface area (TPSA) is 74.7 Å². The average molecular weight is 471 g/mol. The summed E-state index contributed by atoms with van der Waals surface area (Å²) in [7, 11) is 3.38. The number of hydrogen-bond donors (Lipinski definition) is 1. The summed E-state index contributed by atoms with van der Waals surface area (Å²) in [5, 5.41) is 5.09. The molecule has 1 aliphatic rings. The lowest BCUT2D eigenvalue weighted by Gasteiger charge is -2.10. The third-order valence-electron chi connectivity index (χ3n) is 4.47. The molecule has 0 saturated carbocycles. The Balaban J connectivity index is 1.58. The summed E-state index contributed by atoms with van der Waals surface area (Å²) in [6.45, 7) is 0. The standard InChI is InChI=1S/C22H16Cl2N4O2S/c1-28(2)21(30)14-10-13-8-12(6-7-17(13)25-11-14)9-18-20(29)27-22(31-18)26-19-15(23)4-3-5-16(19)24/h3-11H,1-2H3,(H,26,27,29)/b18-9-. The molecular formula is C22H16Cl2N4O2S. The van der Waals surface area contributed by atoms with Gasteiger partial charge in [0.1, 0.15) is 0 Å². The summed E-state index contributed by atoms with van der Waals surface area (Å²) in [5.74, 6) is -0.479. The van der Waals surface area contributed by atoms with Crippen molar-refractivity contribution >= 4 is 74.6 Å². The van der Waals surface area contributed by atoms with E-state index in [2.05, 4.69) is 15.3 Å². The molecule has 0 saturated heterocycles. The van der Waals surface area contributed by atoms with E-state index in [4.69, 9.17) is 23.2 Å². The van der Waals surface area contributed by atoms with Crippen molar-refractivity contribution in [2.75, 3.05) is 19.4 Å². The van der Waals surface area contributed by atoms with Crippen LogP contribution >= 0.6 is 35.0 Å². The molecule has 0 fully saturated rings. The minimum Gasteiger partial charge on any atom is -0.345 e. The molecule has 1 aromatic heterocycles. The number of para-hydroxylation sites is 1. The molecule has 6 nitrogen and oxygen atoms in total. The Morgan fingerprint density at radius 3 is 2.58 bits per heavy atom. The highest BCUT2D eigenvalue weighted by Gasteiger charge is 2.23. The van der Waals surface area contributed by atoms with Crippen molar-refractivity contribution in [1.29, 1.82) is 0 Å². The van der Waals surface area contributed by atoms with Crippen LogP contribution in [0.15, 0.2) is 58.6 Å². The van der Waals surface area contributed by atoms with Crippen LogP contribution in [0.3, 0.4) is 0 Å². The number of amides is 2. The first kappa shape index (κ1) is 21.4. The molecule has 0 bridgehead atoms. The van der Waals surface area contributed by atoms with Gasteiger partial charge in [-0.25, -0.2) is 0 Å². The van der Waals surface area contributed by atoms with E-state index in [-0.39, 0.29) is 11.8 Å². The lowest BCUT2D eigenvalue weighted by atomic mass is 10.1. The number of rotatable bonds is 3. The number of aliphatic imine (C=N–C) groups is 1. The largest absolute Gasteiger partial charge is 0.345 e. The molecule has 2 heterocycles. The highest BCUT2D eigenvalue weighted by molar-refractivity contribution is 8.18. The van der Waals surface area contributed by atoms with Gasteiger partial charge in [-0.1, -0.05) is 35.3 Å². The van der Waals surface area contributed by atoms with Crippen molar-refractivity contribution in [2.24, 2.45) is 4.99 Å². The summed E-state index contributed by atoms with van der Waals surface area (Å²) < 4.78 is 0. The second-order valence-electron chi connectivity index (χ2n) is 6.93. The predicted molar refractivity (Wildman–Crippen MR) is 128 cm³/mol. The Bertz CT molecular complexity index is 1270. The molecule has 3 aromatic rings. The molecule has 4 rings (SSSR count). The van der Waals surface area contributed by atoms with Gasteiger partial charge in [-0.2, -0.15) is 4.99 Å². The van der Waals surface area contributed by atoms with Crippen molar-refractivity contribution in [1.82, 2.24) is 9.88 Å². The first-order valence-corrected chi connectivity index (χ1v) is 10.7. The van der Waals surface area contributed by atoms with E-state index in [0.717, 1.165) is 16.5 Å². The Morgan fingerprint density at radius 1 is 1.13 bits per heavy atom. The van der Waals surface area contributed by atoms with E-state index in [1.54, 1.807) is 50.6 Å². The van der Waals surface area contributed by atoms with E-state index in [1.807, 2.05) is 18.2 Å². The zero-order valence-corrected chi connectivity index (χ0v) is 18.8. The highest BCUT2D eigenvalue weighted by atomic mass is 35.5. The third kappa shape index (κ3) is 4.58.